The topological polar surface area (TPSA) is 92.4 Å². The second-order valence-corrected chi connectivity index (χ2v) is 3.73. The van der Waals surface area contributed by atoms with Crippen molar-refractivity contribution in [1.82, 2.24) is 0 Å². The molecule has 86 valence electrons. The molecule has 0 aliphatic heterocycles. The number of rotatable bonds is 4. The highest BCUT2D eigenvalue weighted by molar-refractivity contribution is 6.00. The molecule has 0 unspecified atom stereocenters. The summed E-state index contributed by atoms with van der Waals surface area (Å²) in [5, 5.41) is 11.8. The average molecular weight is 222 g/mol. The zero-order valence-electron chi connectivity index (χ0n) is 9.15. The van der Waals surface area contributed by atoms with Crippen molar-refractivity contribution in [2.24, 2.45) is 5.73 Å². The van der Waals surface area contributed by atoms with Crippen molar-refractivity contribution in [3.8, 4) is 0 Å². The third-order valence-electron chi connectivity index (χ3n) is 1.98. The maximum Gasteiger partial charge on any atom is 0.335 e. The molecular weight excluding hydrogens is 208 g/mol. The highest BCUT2D eigenvalue weighted by Gasteiger charge is 2.12. The molecule has 16 heavy (non-hydrogen) atoms. The van der Waals surface area contributed by atoms with Crippen LogP contribution < -0.4 is 11.1 Å². The van der Waals surface area contributed by atoms with Gasteiger partial charge in [-0.15, -0.1) is 0 Å². The molecule has 5 heteroatoms. The number of nitrogens with one attached hydrogen (secondary N) is 1. The Labute approximate surface area is 93.3 Å². The highest BCUT2D eigenvalue weighted by Crippen LogP contribution is 2.18. The summed E-state index contributed by atoms with van der Waals surface area (Å²) in [5.41, 5.74) is 6.05. The van der Waals surface area contributed by atoms with Gasteiger partial charge in [-0.05, 0) is 32.0 Å². The molecule has 0 saturated carbocycles. The predicted molar refractivity (Wildman–Crippen MR) is 60.7 cm³/mol. The summed E-state index contributed by atoms with van der Waals surface area (Å²) in [6, 6.07) is 4.26. The van der Waals surface area contributed by atoms with Gasteiger partial charge in [0.05, 0.1) is 11.1 Å². The number of hydrogen-bond acceptors (Lipinski definition) is 3. The summed E-state index contributed by atoms with van der Waals surface area (Å²) >= 11 is 0. The fourth-order valence-electron chi connectivity index (χ4n) is 1.32. The van der Waals surface area contributed by atoms with Crippen LogP contribution in [0.1, 0.15) is 34.6 Å². The van der Waals surface area contributed by atoms with Gasteiger partial charge in [0.25, 0.3) is 5.91 Å². The van der Waals surface area contributed by atoms with Crippen molar-refractivity contribution >= 4 is 17.6 Å². The summed E-state index contributed by atoms with van der Waals surface area (Å²) in [6.07, 6.45) is 0. The molecule has 0 heterocycles. The molecule has 1 aromatic carbocycles. The van der Waals surface area contributed by atoms with Crippen molar-refractivity contribution in [3.63, 3.8) is 0 Å². The van der Waals surface area contributed by atoms with Gasteiger partial charge in [-0.2, -0.15) is 0 Å². The van der Waals surface area contributed by atoms with Crippen LogP contribution in [0.15, 0.2) is 18.2 Å². The number of benzene rings is 1. The van der Waals surface area contributed by atoms with E-state index in [0.717, 1.165) is 0 Å². The van der Waals surface area contributed by atoms with E-state index in [4.69, 9.17) is 10.8 Å². The first-order chi connectivity index (χ1) is 7.41. The molecule has 1 amide bonds. The fraction of sp³-hybridized carbons (Fsp3) is 0.273. The quantitative estimate of drug-likeness (QED) is 0.716. The minimum absolute atomic E-state index is 0.0853. The summed E-state index contributed by atoms with van der Waals surface area (Å²) < 4.78 is 0. The van der Waals surface area contributed by atoms with Gasteiger partial charge < -0.3 is 16.2 Å². The molecule has 1 rings (SSSR count). The standard InChI is InChI=1S/C11H14N2O3/c1-6(2)13-9-5-7(11(15)16)3-4-8(9)10(12)14/h3-6,13H,1-2H3,(H2,12,14)(H,15,16). The van der Waals surface area contributed by atoms with Crippen molar-refractivity contribution in [2.45, 2.75) is 19.9 Å². The maximum atomic E-state index is 11.1. The average Bonchev–Trinajstić information content (AvgIpc) is 2.15. The number of amides is 1. The molecule has 5 nitrogen and oxygen atoms in total. The van der Waals surface area contributed by atoms with Crippen LogP contribution in [0, 0.1) is 0 Å². The van der Waals surface area contributed by atoms with Crippen LogP contribution in [0.25, 0.3) is 0 Å². The molecule has 0 aromatic heterocycles. The van der Waals surface area contributed by atoms with Gasteiger partial charge in [0.2, 0.25) is 0 Å². The number of carboxylic acids is 1. The number of carboxylic acid groups (broad SMARTS) is 1. The number of carbonyl (C=O) groups is 2. The Bertz CT molecular complexity index is 427. The molecule has 0 bridgehead atoms. The van der Waals surface area contributed by atoms with Gasteiger partial charge >= 0.3 is 5.97 Å². The minimum atomic E-state index is -1.04. The largest absolute Gasteiger partial charge is 0.478 e. The minimum Gasteiger partial charge on any atom is -0.478 e. The van der Waals surface area contributed by atoms with E-state index < -0.39 is 11.9 Å². The Morgan fingerprint density at radius 2 is 2.00 bits per heavy atom. The Kier molecular flexibility index (Phi) is 3.50. The molecular formula is C11H14N2O3. The van der Waals surface area contributed by atoms with Crippen molar-refractivity contribution < 1.29 is 14.7 Å². The Morgan fingerprint density at radius 3 is 2.44 bits per heavy atom. The van der Waals surface area contributed by atoms with Crippen molar-refractivity contribution in [1.29, 1.82) is 0 Å². The van der Waals surface area contributed by atoms with Gasteiger partial charge in [0.15, 0.2) is 0 Å². The molecule has 0 spiro atoms. The van der Waals surface area contributed by atoms with Gasteiger partial charge in [0.1, 0.15) is 0 Å². The number of nitrogens with two attached hydrogens (primary N) is 1. The molecule has 1 aromatic rings. The van der Waals surface area contributed by atoms with E-state index in [2.05, 4.69) is 5.32 Å². The predicted octanol–water partition coefficient (Wildman–Crippen LogP) is 1.30. The molecule has 0 atom stereocenters. The monoisotopic (exact) mass is 222 g/mol. The van der Waals surface area contributed by atoms with E-state index in [0.29, 0.717) is 11.3 Å². The fourth-order valence-corrected chi connectivity index (χ4v) is 1.32. The van der Waals surface area contributed by atoms with E-state index in [-0.39, 0.29) is 11.6 Å². The molecule has 0 radical (unpaired) electrons. The zero-order valence-corrected chi connectivity index (χ0v) is 9.15. The van der Waals surface area contributed by atoms with E-state index in [1.807, 2.05) is 13.8 Å². The first-order valence-corrected chi connectivity index (χ1v) is 4.85. The Balaban J connectivity index is 3.21. The van der Waals surface area contributed by atoms with E-state index in [1.54, 1.807) is 0 Å². The van der Waals surface area contributed by atoms with E-state index >= 15 is 0 Å². The third-order valence-corrected chi connectivity index (χ3v) is 1.98. The zero-order chi connectivity index (χ0) is 12.3. The smallest absolute Gasteiger partial charge is 0.335 e. The summed E-state index contributed by atoms with van der Waals surface area (Å²) in [4.78, 5) is 21.9. The molecule has 0 fully saturated rings. The second kappa shape index (κ2) is 4.65. The van der Waals surface area contributed by atoms with Gasteiger partial charge in [-0.3, -0.25) is 4.79 Å². The Hall–Kier alpha value is -2.04. The van der Waals surface area contributed by atoms with Gasteiger partial charge in [-0.25, -0.2) is 4.79 Å². The van der Waals surface area contributed by atoms with Crippen LogP contribution in [-0.4, -0.2) is 23.0 Å². The summed E-state index contributed by atoms with van der Waals surface area (Å²) in [6.45, 7) is 3.77. The lowest BCUT2D eigenvalue weighted by Crippen LogP contribution is -2.18. The summed E-state index contributed by atoms with van der Waals surface area (Å²) in [5.74, 6) is -1.62. The first-order valence-electron chi connectivity index (χ1n) is 4.85. The third kappa shape index (κ3) is 2.73. The summed E-state index contributed by atoms with van der Waals surface area (Å²) in [7, 11) is 0. The van der Waals surface area contributed by atoms with Crippen LogP contribution in [0.5, 0.6) is 0 Å². The van der Waals surface area contributed by atoms with Crippen LogP contribution >= 0.6 is 0 Å². The molecule has 0 aliphatic rings. The number of aromatic carboxylic acids is 1. The Morgan fingerprint density at radius 1 is 1.38 bits per heavy atom. The van der Waals surface area contributed by atoms with Crippen molar-refractivity contribution in [3.05, 3.63) is 29.3 Å². The molecule has 0 aliphatic carbocycles. The number of carbonyl (C=O) groups excluding carboxylic acids is 1. The lowest BCUT2D eigenvalue weighted by Gasteiger charge is -2.13. The number of anilines is 1. The highest BCUT2D eigenvalue weighted by atomic mass is 16.4. The normalized spacial score (nSPS) is 10.2. The van der Waals surface area contributed by atoms with Crippen LogP contribution in [0.3, 0.4) is 0 Å². The van der Waals surface area contributed by atoms with Crippen molar-refractivity contribution in [2.75, 3.05) is 5.32 Å². The number of hydrogen-bond donors (Lipinski definition) is 3. The van der Waals surface area contributed by atoms with Crippen LogP contribution in [0.2, 0.25) is 0 Å². The SMILES string of the molecule is CC(C)Nc1cc(C(=O)O)ccc1C(N)=O. The van der Waals surface area contributed by atoms with Crippen LogP contribution in [-0.2, 0) is 0 Å². The van der Waals surface area contributed by atoms with Crippen LogP contribution in [0.4, 0.5) is 5.69 Å². The maximum absolute atomic E-state index is 11.1. The van der Waals surface area contributed by atoms with E-state index in [1.165, 1.54) is 18.2 Å². The first kappa shape index (κ1) is 12.0. The van der Waals surface area contributed by atoms with E-state index in [9.17, 15) is 9.59 Å². The molecule has 4 N–H and O–H groups in total. The van der Waals surface area contributed by atoms with Gasteiger partial charge in [-0.1, -0.05) is 0 Å². The lowest BCUT2D eigenvalue weighted by atomic mass is 10.1. The molecule has 0 saturated heterocycles. The lowest BCUT2D eigenvalue weighted by molar-refractivity contribution is 0.0696. The number of primary amides is 1. The van der Waals surface area contributed by atoms with Gasteiger partial charge in [0, 0.05) is 11.7 Å². The second-order valence-electron chi connectivity index (χ2n) is 3.73.